The Morgan fingerprint density at radius 1 is 1.15 bits per heavy atom. The van der Waals surface area contributed by atoms with Crippen LogP contribution in [0.3, 0.4) is 0 Å². The van der Waals surface area contributed by atoms with Crippen LogP contribution in [0.2, 0.25) is 0 Å². The fourth-order valence-corrected chi connectivity index (χ4v) is 1.94. The van der Waals surface area contributed by atoms with Crippen molar-refractivity contribution < 1.29 is 9.59 Å². The Balaban J connectivity index is 1.86. The molecule has 3 N–H and O–H groups in total. The van der Waals surface area contributed by atoms with E-state index in [4.69, 9.17) is 0 Å². The van der Waals surface area contributed by atoms with E-state index in [9.17, 15) is 9.59 Å². The number of rotatable bonds is 5. The second kappa shape index (κ2) is 6.52. The smallest absolute Gasteiger partial charge is 0.230 e. The first-order valence-electron chi connectivity index (χ1n) is 6.96. The van der Waals surface area contributed by atoms with Gasteiger partial charge in [0.2, 0.25) is 11.8 Å². The molecule has 1 fully saturated rings. The minimum absolute atomic E-state index is 0.0114. The molecule has 1 aliphatic rings. The van der Waals surface area contributed by atoms with E-state index in [1.165, 1.54) is 0 Å². The van der Waals surface area contributed by atoms with E-state index in [1.807, 2.05) is 13.8 Å². The number of anilines is 2. The van der Waals surface area contributed by atoms with E-state index < -0.39 is 0 Å². The summed E-state index contributed by atoms with van der Waals surface area (Å²) in [6, 6.07) is 7.20. The number of carbonyl (C=O) groups excluding carboxylic acids is 2. The first kappa shape index (κ1) is 14.5. The van der Waals surface area contributed by atoms with Crippen LogP contribution in [0.15, 0.2) is 24.3 Å². The predicted octanol–water partition coefficient (Wildman–Crippen LogP) is 1.83. The van der Waals surface area contributed by atoms with Crippen LogP contribution < -0.4 is 16.0 Å². The highest BCUT2D eigenvalue weighted by Gasteiger charge is 2.24. The average Bonchev–Trinajstić information content (AvgIpc) is 2.28. The molecule has 5 nitrogen and oxygen atoms in total. The van der Waals surface area contributed by atoms with Crippen LogP contribution in [0.25, 0.3) is 0 Å². The van der Waals surface area contributed by atoms with Crippen molar-refractivity contribution in [1.82, 2.24) is 5.32 Å². The molecule has 2 amide bonds. The molecule has 1 saturated heterocycles. The molecule has 1 aliphatic heterocycles. The Hall–Kier alpha value is -1.88. The zero-order valence-corrected chi connectivity index (χ0v) is 11.9. The standard InChI is InChI=1S/C15H21N3O2/c1-10(2)7-14(19)17-12-3-5-13(6-4-12)18-15(20)11-8-16-9-11/h3-6,10-11,16H,7-9H2,1-2H3,(H,17,19)(H,18,20). The molecule has 5 heteroatoms. The third-order valence-corrected chi connectivity index (χ3v) is 3.18. The molecule has 1 aromatic rings. The topological polar surface area (TPSA) is 70.2 Å². The SMILES string of the molecule is CC(C)CC(=O)Nc1ccc(NC(=O)C2CNC2)cc1. The van der Waals surface area contributed by atoms with Gasteiger partial charge in [0.25, 0.3) is 0 Å². The third-order valence-electron chi connectivity index (χ3n) is 3.18. The number of benzene rings is 1. The minimum atomic E-state index is 0.0114. The van der Waals surface area contributed by atoms with Gasteiger partial charge < -0.3 is 16.0 Å². The van der Waals surface area contributed by atoms with Crippen molar-refractivity contribution in [2.45, 2.75) is 20.3 Å². The molecule has 1 heterocycles. The van der Waals surface area contributed by atoms with Crippen LogP contribution in [0.5, 0.6) is 0 Å². The van der Waals surface area contributed by atoms with Crippen molar-refractivity contribution in [1.29, 1.82) is 0 Å². The largest absolute Gasteiger partial charge is 0.326 e. The van der Waals surface area contributed by atoms with Gasteiger partial charge in [-0.3, -0.25) is 9.59 Å². The van der Waals surface area contributed by atoms with Gasteiger partial charge >= 0.3 is 0 Å². The summed E-state index contributed by atoms with van der Waals surface area (Å²) < 4.78 is 0. The highest BCUT2D eigenvalue weighted by Crippen LogP contribution is 2.16. The number of amides is 2. The zero-order chi connectivity index (χ0) is 14.5. The summed E-state index contributed by atoms with van der Waals surface area (Å²) >= 11 is 0. The van der Waals surface area contributed by atoms with Gasteiger partial charge in [-0.15, -0.1) is 0 Å². The summed E-state index contributed by atoms with van der Waals surface area (Å²) in [6.07, 6.45) is 0.507. The zero-order valence-electron chi connectivity index (χ0n) is 11.9. The van der Waals surface area contributed by atoms with Crippen LogP contribution in [-0.2, 0) is 9.59 Å². The first-order chi connectivity index (χ1) is 9.54. The maximum atomic E-state index is 11.8. The van der Waals surface area contributed by atoms with Crippen LogP contribution in [0.1, 0.15) is 20.3 Å². The van der Waals surface area contributed by atoms with Crippen molar-refractivity contribution in [3.05, 3.63) is 24.3 Å². The predicted molar refractivity (Wildman–Crippen MR) is 79.5 cm³/mol. The van der Waals surface area contributed by atoms with Crippen LogP contribution in [-0.4, -0.2) is 24.9 Å². The Kier molecular flexibility index (Phi) is 4.74. The van der Waals surface area contributed by atoms with Gasteiger partial charge in [0.05, 0.1) is 5.92 Å². The van der Waals surface area contributed by atoms with E-state index in [-0.39, 0.29) is 17.7 Å². The number of hydrogen-bond acceptors (Lipinski definition) is 3. The molecule has 108 valence electrons. The lowest BCUT2D eigenvalue weighted by atomic mass is 10.0. The van der Waals surface area contributed by atoms with Gasteiger partial charge in [0.15, 0.2) is 0 Å². The number of carbonyl (C=O) groups is 2. The van der Waals surface area contributed by atoms with Gasteiger partial charge in [-0.25, -0.2) is 0 Å². The third kappa shape index (κ3) is 4.06. The van der Waals surface area contributed by atoms with E-state index in [2.05, 4.69) is 16.0 Å². The monoisotopic (exact) mass is 275 g/mol. The molecule has 0 aromatic heterocycles. The quantitative estimate of drug-likeness (QED) is 0.768. The molecule has 20 heavy (non-hydrogen) atoms. The van der Waals surface area contributed by atoms with Crippen LogP contribution >= 0.6 is 0 Å². The fraction of sp³-hybridized carbons (Fsp3) is 0.467. The van der Waals surface area contributed by atoms with Crippen molar-refractivity contribution >= 4 is 23.2 Å². The molecule has 1 aromatic carbocycles. The Morgan fingerprint density at radius 2 is 1.70 bits per heavy atom. The normalized spacial score (nSPS) is 14.8. The number of nitrogens with one attached hydrogen (secondary N) is 3. The van der Waals surface area contributed by atoms with Crippen molar-refractivity contribution in [2.75, 3.05) is 23.7 Å². The number of hydrogen-bond donors (Lipinski definition) is 3. The summed E-state index contributed by atoms with van der Waals surface area (Å²) in [5, 5.41) is 8.77. The molecular formula is C15H21N3O2. The highest BCUT2D eigenvalue weighted by molar-refractivity contribution is 5.94. The van der Waals surface area contributed by atoms with Gasteiger partial charge in [-0.05, 0) is 30.2 Å². The highest BCUT2D eigenvalue weighted by atomic mass is 16.2. The molecule has 0 aliphatic carbocycles. The molecule has 0 bridgehead atoms. The lowest BCUT2D eigenvalue weighted by molar-refractivity contribution is -0.121. The van der Waals surface area contributed by atoms with Gasteiger partial charge in [-0.2, -0.15) is 0 Å². The van der Waals surface area contributed by atoms with Gasteiger partial charge in [0, 0.05) is 30.9 Å². The van der Waals surface area contributed by atoms with Gasteiger partial charge in [0.1, 0.15) is 0 Å². The van der Waals surface area contributed by atoms with Crippen LogP contribution in [0, 0.1) is 11.8 Å². The van der Waals surface area contributed by atoms with Gasteiger partial charge in [-0.1, -0.05) is 13.8 Å². The lowest BCUT2D eigenvalue weighted by Gasteiger charge is -2.25. The first-order valence-corrected chi connectivity index (χ1v) is 6.96. The molecular weight excluding hydrogens is 254 g/mol. The second-order valence-corrected chi connectivity index (χ2v) is 5.57. The Bertz CT molecular complexity index is 478. The van der Waals surface area contributed by atoms with Crippen molar-refractivity contribution in [3.63, 3.8) is 0 Å². The van der Waals surface area contributed by atoms with E-state index >= 15 is 0 Å². The molecule has 0 spiro atoms. The van der Waals surface area contributed by atoms with E-state index in [0.717, 1.165) is 24.5 Å². The summed E-state index contributed by atoms with van der Waals surface area (Å²) in [5.74, 6) is 0.461. The van der Waals surface area contributed by atoms with E-state index in [1.54, 1.807) is 24.3 Å². The van der Waals surface area contributed by atoms with Crippen molar-refractivity contribution in [3.8, 4) is 0 Å². The molecule has 2 rings (SSSR count). The van der Waals surface area contributed by atoms with E-state index in [0.29, 0.717) is 12.3 Å². The summed E-state index contributed by atoms with van der Waals surface area (Å²) in [4.78, 5) is 23.4. The maximum Gasteiger partial charge on any atom is 0.230 e. The Labute approximate surface area is 119 Å². The molecule has 0 atom stereocenters. The van der Waals surface area contributed by atoms with Crippen LogP contribution in [0.4, 0.5) is 11.4 Å². The summed E-state index contributed by atoms with van der Waals surface area (Å²) in [6.45, 7) is 5.51. The minimum Gasteiger partial charge on any atom is -0.326 e. The average molecular weight is 275 g/mol. The summed E-state index contributed by atoms with van der Waals surface area (Å²) in [7, 11) is 0. The molecule has 0 unspecified atom stereocenters. The lowest BCUT2D eigenvalue weighted by Crippen LogP contribution is -2.48. The second-order valence-electron chi connectivity index (χ2n) is 5.57. The molecule has 0 saturated carbocycles. The maximum absolute atomic E-state index is 11.8. The van der Waals surface area contributed by atoms with Crippen molar-refractivity contribution in [2.24, 2.45) is 11.8 Å². The Morgan fingerprint density at radius 3 is 2.15 bits per heavy atom. The fourth-order valence-electron chi connectivity index (χ4n) is 1.94. The summed E-state index contributed by atoms with van der Waals surface area (Å²) in [5.41, 5.74) is 1.50. The molecule has 0 radical (unpaired) electrons.